The molecule has 164 valence electrons. The fraction of sp³-hybridized carbons (Fsp3) is 0.438. The van der Waals surface area contributed by atoms with Crippen molar-refractivity contribution in [2.45, 2.75) is 37.3 Å². The summed E-state index contributed by atoms with van der Waals surface area (Å²) in [6.07, 6.45) is -18.8. The molecule has 1 aromatic carbocycles. The van der Waals surface area contributed by atoms with Crippen LogP contribution in [0.2, 0.25) is 13.1 Å². The Balaban J connectivity index is 3.23. The van der Waals surface area contributed by atoms with E-state index < -0.39 is 39.0 Å². The summed E-state index contributed by atoms with van der Waals surface area (Å²) in [5.74, 6) is -5.82. The molecule has 0 aromatic heterocycles. The number of hydrogen-bond donors (Lipinski definition) is 0. The van der Waals surface area contributed by atoms with Gasteiger partial charge in [-0.1, -0.05) is 36.1 Å². The van der Waals surface area contributed by atoms with Crippen molar-refractivity contribution in [3.05, 3.63) is 36.5 Å². The summed E-state index contributed by atoms with van der Waals surface area (Å²) < 4.78 is 122. The highest BCUT2D eigenvalue weighted by Gasteiger charge is 2.78. The van der Waals surface area contributed by atoms with Crippen LogP contribution in [0.25, 0.3) is 0 Å². The molecule has 0 N–H and O–H groups in total. The monoisotopic (exact) mass is 453 g/mol. The van der Waals surface area contributed by atoms with E-state index in [1.807, 2.05) is 13.1 Å². The molecule has 0 fully saturated rings. The number of alkyl halides is 9. The van der Waals surface area contributed by atoms with Gasteiger partial charge < -0.3 is 4.74 Å². The molecule has 0 amide bonds. The van der Waals surface area contributed by atoms with Gasteiger partial charge in [0.15, 0.2) is 13.1 Å². The molecule has 0 radical (unpaired) electrons. The number of halogens is 9. The van der Waals surface area contributed by atoms with Crippen LogP contribution in [0.5, 0.6) is 0 Å². The summed E-state index contributed by atoms with van der Waals surface area (Å²) in [4.78, 5) is 3.25. The highest BCUT2D eigenvalue weighted by Crippen LogP contribution is 2.49. The maximum Gasteiger partial charge on any atom is 0.465 e. The first-order valence-corrected chi connectivity index (χ1v) is 10.8. The summed E-state index contributed by atoms with van der Waals surface area (Å²) in [6, 6.07) is 5.62. The lowest BCUT2D eigenvalue weighted by Crippen LogP contribution is -2.63. The molecule has 0 aliphatic heterocycles. The molecule has 1 aromatic rings. The van der Waals surface area contributed by atoms with E-state index in [1.54, 1.807) is 5.70 Å². The van der Waals surface area contributed by atoms with Crippen LogP contribution in [0.4, 0.5) is 45.2 Å². The third-order valence-corrected chi connectivity index (χ3v) is 6.58. The summed E-state index contributed by atoms with van der Waals surface area (Å²) in [5, 5.41) is 0.846. The molecule has 1 rings (SSSR count). The number of ether oxygens (including phenoxy) is 2. The van der Waals surface area contributed by atoms with Crippen LogP contribution in [-0.4, -0.2) is 45.4 Å². The van der Waals surface area contributed by atoms with Crippen molar-refractivity contribution in [1.82, 2.24) is 0 Å². The number of hydrogen-bond acceptors (Lipinski definition) is 3. The molecular formula is C16H16F9NO2Si. The normalized spacial score (nSPS) is 14.3. The number of rotatable bonds is 8. The summed E-state index contributed by atoms with van der Waals surface area (Å²) in [7, 11) is -1.97. The average molecular weight is 453 g/mol. The average Bonchev–Trinajstić information content (AvgIpc) is 2.59. The van der Waals surface area contributed by atoms with Crippen molar-refractivity contribution < 1.29 is 49.0 Å². The Hall–Kier alpha value is -2.02. The third-order valence-electron chi connectivity index (χ3n) is 3.74. The Bertz CT molecular complexity index is 713. The molecule has 0 aliphatic carbocycles. The smallest absolute Gasteiger partial charge is 0.436 e. The van der Waals surface area contributed by atoms with E-state index in [9.17, 15) is 39.5 Å². The second kappa shape index (κ2) is 8.38. The minimum atomic E-state index is -6.53. The topological polar surface area (TPSA) is 30.8 Å². The van der Waals surface area contributed by atoms with E-state index in [0.29, 0.717) is 0 Å². The van der Waals surface area contributed by atoms with Crippen molar-refractivity contribution in [2.75, 3.05) is 6.67 Å². The van der Waals surface area contributed by atoms with E-state index in [1.165, 1.54) is 24.3 Å². The fourth-order valence-electron chi connectivity index (χ4n) is 1.93. The third kappa shape index (κ3) is 5.75. The van der Waals surface area contributed by atoms with Crippen LogP contribution < -0.4 is 5.19 Å². The zero-order chi connectivity index (χ0) is 22.7. The first-order chi connectivity index (χ1) is 13.0. The van der Waals surface area contributed by atoms with Gasteiger partial charge in [-0.2, -0.15) is 35.1 Å². The Morgan fingerprint density at radius 2 is 1.45 bits per heavy atom. The maximum atomic E-state index is 13.0. The fourth-order valence-corrected chi connectivity index (χ4v) is 3.19. The summed E-state index contributed by atoms with van der Waals surface area (Å²) in [6.45, 7) is 4.62. The maximum absolute atomic E-state index is 13.0. The SMILES string of the molecule is C=C[Si](C)(C)c1ccc(N=COC(OC(F)(F)CF)(C(F)(F)F)C(F)(F)F)cc1. The highest BCUT2D eigenvalue weighted by atomic mass is 28.3. The van der Waals surface area contributed by atoms with Crippen molar-refractivity contribution in [3.8, 4) is 0 Å². The van der Waals surface area contributed by atoms with E-state index in [-0.39, 0.29) is 12.1 Å². The van der Waals surface area contributed by atoms with Crippen LogP contribution in [0.15, 0.2) is 41.5 Å². The molecule has 0 heterocycles. The van der Waals surface area contributed by atoms with Gasteiger partial charge >= 0.3 is 24.2 Å². The van der Waals surface area contributed by atoms with Crippen molar-refractivity contribution >= 4 is 25.3 Å². The lowest BCUT2D eigenvalue weighted by Gasteiger charge is -2.36. The lowest BCUT2D eigenvalue weighted by atomic mass is 10.2. The van der Waals surface area contributed by atoms with Gasteiger partial charge in [0.1, 0.15) is 8.07 Å². The first-order valence-electron chi connectivity index (χ1n) is 7.73. The van der Waals surface area contributed by atoms with Crippen LogP contribution in [0, 0.1) is 0 Å². The van der Waals surface area contributed by atoms with E-state index >= 15 is 0 Å². The van der Waals surface area contributed by atoms with Gasteiger partial charge in [0, 0.05) is 0 Å². The zero-order valence-electron chi connectivity index (χ0n) is 15.0. The van der Waals surface area contributed by atoms with Gasteiger partial charge in [-0.25, -0.2) is 9.38 Å². The standard InChI is InChI=1S/C16H16F9NO2Si/c1-4-29(2,3)12-7-5-11(6-8-12)26-10-27-14(15(20,21)22,16(23,24)25)28-13(18,19)9-17/h4-8,10H,1,9H2,2-3H3. The summed E-state index contributed by atoms with van der Waals surface area (Å²) in [5.41, 5.74) is 1.62. The Morgan fingerprint density at radius 3 is 1.83 bits per heavy atom. The van der Waals surface area contributed by atoms with Crippen molar-refractivity contribution in [2.24, 2.45) is 4.99 Å². The van der Waals surface area contributed by atoms with Gasteiger partial charge in [-0.15, -0.1) is 6.58 Å². The van der Waals surface area contributed by atoms with E-state index in [4.69, 9.17) is 0 Å². The molecule has 0 spiro atoms. The Morgan fingerprint density at radius 1 is 0.966 bits per heavy atom. The Kier molecular flexibility index (Phi) is 7.23. The minimum Gasteiger partial charge on any atom is -0.436 e. The molecule has 3 nitrogen and oxygen atoms in total. The summed E-state index contributed by atoms with van der Waals surface area (Å²) >= 11 is 0. The van der Waals surface area contributed by atoms with Gasteiger partial charge in [0.25, 0.3) is 0 Å². The Labute approximate surface area is 160 Å². The van der Waals surface area contributed by atoms with Crippen molar-refractivity contribution in [3.63, 3.8) is 0 Å². The lowest BCUT2D eigenvalue weighted by molar-refractivity contribution is -0.497. The predicted octanol–water partition coefficient (Wildman–Crippen LogP) is 5.40. The van der Waals surface area contributed by atoms with Gasteiger partial charge in [0.2, 0.25) is 0 Å². The molecule has 0 aliphatic rings. The van der Waals surface area contributed by atoms with Crippen molar-refractivity contribution in [1.29, 1.82) is 0 Å². The van der Waals surface area contributed by atoms with E-state index in [0.717, 1.165) is 5.19 Å². The predicted molar refractivity (Wildman–Crippen MR) is 89.8 cm³/mol. The quantitative estimate of drug-likeness (QED) is 0.173. The number of aliphatic imine (C=N–C) groups is 1. The zero-order valence-corrected chi connectivity index (χ0v) is 16.0. The number of benzene rings is 1. The first kappa shape index (κ1) is 25.0. The molecule has 29 heavy (non-hydrogen) atoms. The molecular weight excluding hydrogens is 437 g/mol. The van der Waals surface area contributed by atoms with Gasteiger partial charge in [-0.05, 0) is 12.1 Å². The highest BCUT2D eigenvalue weighted by molar-refractivity contribution is 6.93. The van der Waals surface area contributed by atoms with E-state index in [2.05, 4.69) is 21.0 Å². The number of nitrogens with zero attached hydrogens (tertiary/aromatic N) is 1. The minimum absolute atomic E-state index is 0.127. The molecule has 0 saturated heterocycles. The largest absolute Gasteiger partial charge is 0.465 e. The molecule has 13 heteroatoms. The van der Waals surface area contributed by atoms with Crippen LogP contribution >= 0.6 is 0 Å². The second-order valence-electron chi connectivity index (χ2n) is 6.31. The van der Waals surface area contributed by atoms with Crippen LogP contribution in [-0.2, 0) is 9.47 Å². The molecule has 0 bridgehead atoms. The molecule has 0 atom stereocenters. The molecule has 0 saturated carbocycles. The second-order valence-corrected chi connectivity index (χ2v) is 10.7. The van der Waals surface area contributed by atoms with Gasteiger partial charge in [-0.3, -0.25) is 4.74 Å². The van der Waals surface area contributed by atoms with Crippen LogP contribution in [0.1, 0.15) is 0 Å². The van der Waals surface area contributed by atoms with Crippen LogP contribution in [0.3, 0.4) is 0 Å². The van der Waals surface area contributed by atoms with Gasteiger partial charge in [0.05, 0.1) is 5.69 Å². The molecule has 0 unspecified atom stereocenters.